The fraction of sp³-hybridized carbons (Fsp3) is 0.375. The molecule has 5 nitrogen and oxygen atoms in total. The highest BCUT2D eigenvalue weighted by Crippen LogP contribution is 2.23. The van der Waals surface area contributed by atoms with Crippen LogP contribution in [0.2, 0.25) is 0 Å². The Labute approximate surface area is 123 Å². The molecule has 3 rings (SSSR count). The lowest BCUT2D eigenvalue weighted by Crippen LogP contribution is -2.43. The Balaban J connectivity index is 1.64. The van der Waals surface area contributed by atoms with Gasteiger partial charge in [0.15, 0.2) is 0 Å². The van der Waals surface area contributed by atoms with E-state index in [0.717, 1.165) is 12.1 Å². The van der Waals surface area contributed by atoms with E-state index < -0.39 is 0 Å². The third kappa shape index (κ3) is 3.31. The van der Waals surface area contributed by atoms with Crippen LogP contribution in [0, 0.1) is 0 Å². The molecule has 1 atom stereocenters. The fourth-order valence-corrected chi connectivity index (χ4v) is 2.65. The van der Waals surface area contributed by atoms with Crippen molar-refractivity contribution >= 4 is 5.91 Å². The van der Waals surface area contributed by atoms with Gasteiger partial charge in [-0.2, -0.15) is 5.10 Å². The third-order valence-corrected chi connectivity index (χ3v) is 3.80. The summed E-state index contributed by atoms with van der Waals surface area (Å²) in [4.78, 5) is 14.4. The molecule has 2 aromatic rings. The number of hydrogen-bond acceptors (Lipinski definition) is 3. The second kappa shape index (κ2) is 6.54. The van der Waals surface area contributed by atoms with Crippen molar-refractivity contribution in [2.45, 2.75) is 18.9 Å². The number of amides is 1. The molecule has 0 aliphatic carbocycles. The molecule has 0 spiro atoms. The van der Waals surface area contributed by atoms with Crippen molar-refractivity contribution in [2.24, 2.45) is 0 Å². The molecule has 1 saturated heterocycles. The van der Waals surface area contributed by atoms with E-state index in [9.17, 15) is 4.79 Å². The Kier molecular flexibility index (Phi) is 4.31. The molecule has 1 aromatic heterocycles. The average Bonchev–Trinajstić information content (AvgIpc) is 3.08. The van der Waals surface area contributed by atoms with Crippen LogP contribution < -0.4 is 0 Å². The summed E-state index contributed by atoms with van der Waals surface area (Å²) in [5, 5.41) is 6.91. The van der Waals surface area contributed by atoms with E-state index >= 15 is 0 Å². The summed E-state index contributed by atoms with van der Waals surface area (Å²) in [7, 11) is 0. The van der Waals surface area contributed by atoms with Crippen LogP contribution in [0.4, 0.5) is 0 Å². The van der Waals surface area contributed by atoms with Gasteiger partial charge in [-0.3, -0.25) is 9.89 Å². The summed E-state index contributed by atoms with van der Waals surface area (Å²) in [6.45, 7) is 1.76. The van der Waals surface area contributed by atoms with Gasteiger partial charge < -0.3 is 9.64 Å². The molecule has 2 heterocycles. The number of ether oxygens (including phenoxy) is 1. The van der Waals surface area contributed by atoms with E-state index in [2.05, 4.69) is 22.3 Å². The number of aromatic nitrogens is 2. The van der Waals surface area contributed by atoms with Gasteiger partial charge in [-0.1, -0.05) is 30.3 Å². The van der Waals surface area contributed by atoms with Crippen molar-refractivity contribution < 1.29 is 9.53 Å². The van der Waals surface area contributed by atoms with Crippen molar-refractivity contribution in [3.8, 4) is 0 Å². The Bertz CT molecular complexity index is 568. The quantitative estimate of drug-likeness (QED) is 0.934. The lowest BCUT2D eigenvalue weighted by atomic mass is 10.1. The zero-order valence-corrected chi connectivity index (χ0v) is 11.9. The molecule has 1 amide bonds. The number of carbonyl (C=O) groups is 1. The molecule has 1 aromatic carbocycles. The summed E-state index contributed by atoms with van der Waals surface area (Å²) in [6, 6.07) is 11.9. The molecule has 21 heavy (non-hydrogen) atoms. The van der Waals surface area contributed by atoms with Gasteiger partial charge in [-0.15, -0.1) is 0 Å². The number of morpholine rings is 1. The van der Waals surface area contributed by atoms with Crippen molar-refractivity contribution in [1.82, 2.24) is 15.1 Å². The minimum atomic E-state index is -0.0514. The van der Waals surface area contributed by atoms with Crippen LogP contribution in [0.3, 0.4) is 0 Å². The Hall–Kier alpha value is -2.14. The summed E-state index contributed by atoms with van der Waals surface area (Å²) >= 11 is 0. The number of hydrogen-bond donors (Lipinski definition) is 1. The van der Waals surface area contributed by atoms with E-state index in [1.54, 1.807) is 6.20 Å². The zero-order chi connectivity index (χ0) is 14.5. The summed E-state index contributed by atoms with van der Waals surface area (Å²) in [6.07, 6.45) is 3.00. The van der Waals surface area contributed by atoms with Crippen molar-refractivity contribution in [3.63, 3.8) is 0 Å². The standard InChI is InChI=1S/C16H19N3O2/c20-16(7-6-13-4-2-1-3-5-13)19-10-11-21-12-15(19)14-8-9-17-18-14/h1-5,8-9,15H,6-7,10-12H2,(H,17,18). The minimum Gasteiger partial charge on any atom is -0.377 e. The molecule has 1 N–H and O–H groups in total. The Morgan fingerprint density at radius 1 is 1.33 bits per heavy atom. The largest absolute Gasteiger partial charge is 0.377 e. The molecule has 1 fully saturated rings. The molecule has 5 heteroatoms. The fourth-order valence-electron chi connectivity index (χ4n) is 2.65. The first kappa shape index (κ1) is 13.8. The van der Waals surface area contributed by atoms with Crippen LogP contribution in [-0.4, -0.2) is 40.8 Å². The summed E-state index contributed by atoms with van der Waals surface area (Å²) in [5.41, 5.74) is 2.12. The van der Waals surface area contributed by atoms with Crippen LogP contribution in [0.25, 0.3) is 0 Å². The highest BCUT2D eigenvalue weighted by atomic mass is 16.5. The molecular weight excluding hydrogens is 266 g/mol. The smallest absolute Gasteiger partial charge is 0.223 e. The minimum absolute atomic E-state index is 0.0514. The number of carbonyl (C=O) groups excluding carboxylic acids is 1. The molecular formula is C16H19N3O2. The number of benzene rings is 1. The maximum absolute atomic E-state index is 12.5. The van der Waals surface area contributed by atoms with Gasteiger partial charge in [0.1, 0.15) is 0 Å². The lowest BCUT2D eigenvalue weighted by molar-refractivity contribution is -0.140. The number of H-pyrrole nitrogens is 1. The topological polar surface area (TPSA) is 58.2 Å². The molecule has 110 valence electrons. The predicted molar refractivity (Wildman–Crippen MR) is 78.6 cm³/mol. The zero-order valence-electron chi connectivity index (χ0n) is 11.9. The molecule has 0 saturated carbocycles. The van der Waals surface area contributed by atoms with Gasteiger partial charge in [-0.25, -0.2) is 0 Å². The summed E-state index contributed by atoms with van der Waals surface area (Å²) < 4.78 is 5.51. The molecule has 0 radical (unpaired) electrons. The molecule has 0 bridgehead atoms. The maximum Gasteiger partial charge on any atom is 0.223 e. The van der Waals surface area contributed by atoms with E-state index in [0.29, 0.717) is 26.2 Å². The number of nitrogens with one attached hydrogen (secondary N) is 1. The number of nitrogens with zero attached hydrogens (tertiary/aromatic N) is 2. The van der Waals surface area contributed by atoms with Gasteiger partial charge in [0, 0.05) is 19.2 Å². The molecule has 1 aliphatic rings. The lowest BCUT2D eigenvalue weighted by Gasteiger charge is -2.35. The van der Waals surface area contributed by atoms with Crippen molar-refractivity contribution in [3.05, 3.63) is 53.9 Å². The Morgan fingerprint density at radius 3 is 2.95 bits per heavy atom. The van der Waals surface area contributed by atoms with E-state index in [1.165, 1.54) is 5.56 Å². The first-order chi connectivity index (χ1) is 10.3. The normalized spacial score (nSPS) is 18.7. The van der Waals surface area contributed by atoms with E-state index in [-0.39, 0.29) is 11.9 Å². The molecule has 1 unspecified atom stereocenters. The molecule has 1 aliphatic heterocycles. The predicted octanol–water partition coefficient (Wildman–Crippen LogP) is 1.94. The number of aromatic amines is 1. The van der Waals surface area contributed by atoms with Gasteiger partial charge in [0.25, 0.3) is 0 Å². The van der Waals surface area contributed by atoms with E-state index in [4.69, 9.17) is 4.74 Å². The van der Waals surface area contributed by atoms with Crippen LogP contribution in [0.1, 0.15) is 23.7 Å². The number of rotatable bonds is 4. The van der Waals surface area contributed by atoms with Gasteiger partial charge in [-0.05, 0) is 18.1 Å². The second-order valence-electron chi connectivity index (χ2n) is 5.18. The van der Waals surface area contributed by atoms with E-state index in [1.807, 2.05) is 29.2 Å². The van der Waals surface area contributed by atoms with Crippen molar-refractivity contribution in [1.29, 1.82) is 0 Å². The first-order valence-electron chi connectivity index (χ1n) is 7.25. The summed E-state index contributed by atoms with van der Waals surface area (Å²) in [5.74, 6) is 0.168. The first-order valence-corrected chi connectivity index (χ1v) is 7.25. The van der Waals surface area contributed by atoms with Gasteiger partial charge in [0.2, 0.25) is 5.91 Å². The third-order valence-electron chi connectivity index (χ3n) is 3.80. The highest BCUT2D eigenvalue weighted by molar-refractivity contribution is 5.77. The van der Waals surface area contributed by atoms with Crippen LogP contribution in [-0.2, 0) is 16.0 Å². The van der Waals surface area contributed by atoms with Crippen molar-refractivity contribution in [2.75, 3.05) is 19.8 Å². The average molecular weight is 285 g/mol. The second-order valence-corrected chi connectivity index (χ2v) is 5.18. The Morgan fingerprint density at radius 2 is 2.19 bits per heavy atom. The highest BCUT2D eigenvalue weighted by Gasteiger charge is 2.29. The maximum atomic E-state index is 12.5. The van der Waals surface area contributed by atoms with Crippen LogP contribution >= 0.6 is 0 Å². The van der Waals surface area contributed by atoms with Crippen LogP contribution in [0.15, 0.2) is 42.6 Å². The van der Waals surface area contributed by atoms with Crippen LogP contribution in [0.5, 0.6) is 0 Å². The van der Waals surface area contributed by atoms with Gasteiger partial charge in [0.05, 0.1) is 24.9 Å². The van der Waals surface area contributed by atoms with Gasteiger partial charge >= 0.3 is 0 Å². The monoisotopic (exact) mass is 285 g/mol. The SMILES string of the molecule is O=C(CCc1ccccc1)N1CCOCC1c1ccn[nH]1. The number of aryl methyl sites for hydroxylation is 1.